The molecule has 1 N–H and O–H groups in total. The number of benzene rings is 2. The molecule has 0 spiro atoms. The van der Waals surface area contributed by atoms with Gasteiger partial charge in [0, 0.05) is 37.4 Å². The Balaban J connectivity index is 1.32. The number of rotatable bonds is 4. The molecule has 2 aromatic heterocycles. The molecule has 2 aromatic carbocycles. The Labute approximate surface area is 189 Å². The second-order valence-corrected chi connectivity index (χ2v) is 8.18. The van der Waals surface area contributed by atoms with E-state index in [0.29, 0.717) is 30.2 Å². The van der Waals surface area contributed by atoms with Crippen molar-refractivity contribution in [2.75, 3.05) is 31.1 Å². The van der Waals surface area contributed by atoms with Gasteiger partial charge in [0.15, 0.2) is 5.82 Å². The quantitative estimate of drug-likeness (QED) is 0.520. The summed E-state index contributed by atoms with van der Waals surface area (Å²) in [5.41, 5.74) is 3.43. The van der Waals surface area contributed by atoms with Gasteiger partial charge < -0.3 is 9.80 Å². The van der Waals surface area contributed by atoms with Crippen molar-refractivity contribution in [3.05, 3.63) is 82.2 Å². The number of halogens is 1. The summed E-state index contributed by atoms with van der Waals surface area (Å²) in [4.78, 5) is 29.3. The summed E-state index contributed by atoms with van der Waals surface area (Å²) in [5.74, 6) is -0.0713. The van der Waals surface area contributed by atoms with Gasteiger partial charge in [-0.15, -0.1) is 0 Å². The van der Waals surface area contributed by atoms with Crippen molar-refractivity contribution < 1.29 is 9.18 Å². The molecule has 8 nitrogen and oxygen atoms in total. The molecule has 0 unspecified atom stereocenters. The van der Waals surface area contributed by atoms with Crippen LogP contribution in [0.15, 0.2) is 59.4 Å². The molecule has 1 amide bonds. The lowest BCUT2D eigenvalue weighted by Gasteiger charge is -2.36. The lowest BCUT2D eigenvalue weighted by Crippen LogP contribution is -2.49. The number of hydrogen-bond donors (Lipinski definition) is 1. The number of piperazine rings is 1. The Hall–Kier alpha value is -4.01. The molecule has 1 aliphatic rings. The van der Waals surface area contributed by atoms with Crippen LogP contribution in [0.4, 0.5) is 10.1 Å². The first kappa shape index (κ1) is 20.9. The van der Waals surface area contributed by atoms with Crippen molar-refractivity contribution in [2.24, 2.45) is 0 Å². The molecule has 0 saturated carbocycles. The maximum absolute atomic E-state index is 13.3. The summed E-state index contributed by atoms with van der Waals surface area (Å²) in [6.07, 6.45) is 0.0162. The molecule has 9 heteroatoms. The van der Waals surface area contributed by atoms with Gasteiger partial charge in [-0.25, -0.2) is 14.0 Å². The molecule has 4 aromatic rings. The summed E-state index contributed by atoms with van der Waals surface area (Å²) >= 11 is 0. The van der Waals surface area contributed by atoms with Gasteiger partial charge in [-0.2, -0.15) is 10.2 Å². The number of hydrogen-bond acceptors (Lipinski definition) is 5. The minimum Gasteiger partial charge on any atom is -0.368 e. The number of aromatic nitrogens is 4. The first-order chi connectivity index (χ1) is 16.0. The Bertz CT molecular complexity index is 1350. The highest BCUT2D eigenvalue weighted by Gasteiger charge is 2.23. The number of nitrogens with zero attached hydrogens (tertiary/aromatic N) is 5. The van der Waals surface area contributed by atoms with Crippen LogP contribution in [0.5, 0.6) is 0 Å². The Kier molecular flexibility index (Phi) is 5.37. The fraction of sp³-hybridized carbons (Fsp3) is 0.250. The van der Waals surface area contributed by atoms with Gasteiger partial charge in [0.1, 0.15) is 11.3 Å². The molecule has 5 rings (SSSR count). The minimum absolute atomic E-state index is 0.0162. The SMILES string of the molecule is Cc1ccc(N2CCN(C(=O)Cc3n[nH]c(=O)c4cc(-c5ccc(F)cc5)nn34)CC2)cc1. The van der Waals surface area contributed by atoms with Crippen LogP contribution >= 0.6 is 0 Å². The average Bonchev–Trinajstić information content (AvgIpc) is 3.29. The molecule has 0 radical (unpaired) electrons. The van der Waals surface area contributed by atoms with E-state index in [0.717, 1.165) is 18.8 Å². The third kappa shape index (κ3) is 4.21. The highest BCUT2D eigenvalue weighted by Crippen LogP contribution is 2.20. The predicted molar refractivity (Wildman–Crippen MR) is 123 cm³/mol. The second-order valence-electron chi connectivity index (χ2n) is 8.18. The van der Waals surface area contributed by atoms with E-state index in [1.807, 2.05) is 4.90 Å². The molecule has 0 atom stereocenters. The van der Waals surface area contributed by atoms with Crippen LogP contribution in [0.2, 0.25) is 0 Å². The highest BCUT2D eigenvalue weighted by atomic mass is 19.1. The Morgan fingerprint density at radius 2 is 1.73 bits per heavy atom. The summed E-state index contributed by atoms with van der Waals surface area (Å²) in [6, 6.07) is 15.9. The monoisotopic (exact) mass is 446 g/mol. The normalized spacial score (nSPS) is 14.1. The first-order valence-corrected chi connectivity index (χ1v) is 10.8. The van der Waals surface area contributed by atoms with Gasteiger partial charge in [-0.05, 0) is 49.4 Å². The molecule has 1 fully saturated rings. The number of aryl methyl sites for hydroxylation is 1. The van der Waals surface area contributed by atoms with E-state index in [1.54, 1.807) is 18.2 Å². The van der Waals surface area contributed by atoms with Crippen molar-refractivity contribution in [2.45, 2.75) is 13.3 Å². The molecule has 3 heterocycles. The maximum atomic E-state index is 13.3. The van der Waals surface area contributed by atoms with Crippen LogP contribution < -0.4 is 10.5 Å². The average molecular weight is 446 g/mol. The van der Waals surface area contributed by atoms with Gasteiger partial charge in [0.25, 0.3) is 5.56 Å². The van der Waals surface area contributed by atoms with Gasteiger partial charge in [0.2, 0.25) is 5.91 Å². The second kappa shape index (κ2) is 8.50. The summed E-state index contributed by atoms with van der Waals surface area (Å²) in [7, 11) is 0. The zero-order chi connectivity index (χ0) is 22.9. The van der Waals surface area contributed by atoms with Crippen LogP contribution in [0.3, 0.4) is 0 Å². The zero-order valence-corrected chi connectivity index (χ0v) is 18.2. The lowest BCUT2D eigenvalue weighted by molar-refractivity contribution is -0.130. The van der Waals surface area contributed by atoms with E-state index >= 15 is 0 Å². The minimum atomic E-state index is -0.404. The fourth-order valence-corrected chi connectivity index (χ4v) is 4.05. The lowest BCUT2D eigenvalue weighted by atomic mass is 10.1. The summed E-state index contributed by atoms with van der Waals surface area (Å²) < 4.78 is 14.7. The number of carbonyl (C=O) groups is 1. The molecule has 1 saturated heterocycles. The third-order valence-electron chi connectivity index (χ3n) is 5.95. The summed E-state index contributed by atoms with van der Waals surface area (Å²) in [5, 5.41) is 11.0. The Morgan fingerprint density at radius 1 is 1.03 bits per heavy atom. The van der Waals surface area contributed by atoms with Gasteiger partial charge in [-0.3, -0.25) is 9.59 Å². The van der Waals surface area contributed by atoms with E-state index in [1.165, 1.54) is 22.2 Å². The number of fused-ring (bicyclic) bond motifs is 1. The Morgan fingerprint density at radius 3 is 2.42 bits per heavy atom. The van der Waals surface area contributed by atoms with E-state index in [2.05, 4.69) is 51.4 Å². The fourth-order valence-electron chi connectivity index (χ4n) is 4.05. The van der Waals surface area contributed by atoms with Crippen molar-refractivity contribution in [1.82, 2.24) is 24.7 Å². The number of carbonyl (C=O) groups excluding carboxylic acids is 1. The number of nitrogens with one attached hydrogen (secondary N) is 1. The van der Waals surface area contributed by atoms with E-state index in [4.69, 9.17) is 0 Å². The zero-order valence-electron chi connectivity index (χ0n) is 18.2. The van der Waals surface area contributed by atoms with Crippen LogP contribution in [0.25, 0.3) is 16.8 Å². The number of amides is 1. The van der Waals surface area contributed by atoms with Crippen molar-refractivity contribution in [3.63, 3.8) is 0 Å². The van der Waals surface area contributed by atoms with E-state index < -0.39 is 5.56 Å². The number of H-pyrrole nitrogens is 1. The molecular weight excluding hydrogens is 423 g/mol. The van der Waals surface area contributed by atoms with Crippen LogP contribution in [-0.2, 0) is 11.2 Å². The van der Waals surface area contributed by atoms with Gasteiger partial charge in [0.05, 0.1) is 12.1 Å². The molecular formula is C24H23FN6O2. The molecule has 33 heavy (non-hydrogen) atoms. The van der Waals surface area contributed by atoms with Crippen molar-refractivity contribution in [1.29, 1.82) is 0 Å². The van der Waals surface area contributed by atoms with Crippen LogP contribution in [0.1, 0.15) is 11.4 Å². The maximum Gasteiger partial charge on any atom is 0.290 e. The van der Waals surface area contributed by atoms with E-state index in [9.17, 15) is 14.0 Å². The van der Waals surface area contributed by atoms with Gasteiger partial charge >= 0.3 is 0 Å². The largest absolute Gasteiger partial charge is 0.368 e. The predicted octanol–water partition coefficient (Wildman–Crippen LogP) is 2.42. The number of anilines is 1. The van der Waals surface area contributed by atoms with E-state index in [-0.39, 0.29) is 23.7 Å². The molecule has 0 bridgehead atoms. The van der Waals surface area contributed by atoms with Crippen molar-refractivity contribution in [3.8, 4) is 11.3 Å². The smallest absolute Gasteiger partial charge is 0.290 e. The standard InChI is InChI=1S/C24H23FN6O2/c1-16-2-8-19(9-3-16)29-10-12-30(13-11-29)23(32)15-22-26-27-24(33)21-14-20(28-31(21)22)17-4-6-18(25)7-5-17/h2-9,14H,10-13,15H2,1H3,(H,27,33). The van der Waals surface area contributed by atoms with Crippen molar-refractivity contribution >= 4 is 17.1 Å². The van der Waals surface area contributed by atoms with Crippen LogP contribution in [0, 0.1) is 12.7 Å². The van der Waals surface area contributed by atoms with Gasteiger partial charge in [-0.1, -0.05) is 17.7 Å². The van der Waals surface area contributed by atoms with Crippen LogP contribution in [-0.4, -0.2) is 56.8 Å². The topological polar surface area (TPSA) is 86.6 Å². The number of aromatic amines is 1. The third-order valence-corrected chi connectivity index (χ3v) is 5.95. The molecule has 0 aliphatic carbocycles. The molecule has 168 valence electrons. The first-order valence-electron chi connectivity index (χ1n) is 10.8. The summed E-state index contributed by atoms with van der Waals surface area (Å²) in [6.45, 7) is 4.78. The highest BCUT2D eigenvalue weighted by molar-refractivity contribution is 5.78. The molecule has 1 aliphatic heterocycles.